The van der Waals surface area contributed by atoms with Gasteiger partial charge in [-0.3, -0.25) is 0 Å². The van der Waals surface area contributed by atoms with Crippen LogP contribution in [0.1, 0.15) is 41.5 Å². The van der Waals surface area contributed by atoms with Crippen LogP contribution in [0.3, 0.4) is 0 Å². The molecular weight excluding hydrogens is 352 g/mol. The lowest BCUT2D eigenvalue weighted by atomic mass is 9.99. The Morgan fingerprint density at radius 2 is 1.52 bits per heavy atom. The summed E-state index contributed by atoms with van der Waals surface area (Å²) in [6, 6.07) is -0.384. The molecule has 2 amide bonds. The third kappa shape index (κ3) is 11.8. The third-order valence-corrected chi connectivity index (χ3v) is 2.68. The number of carbonyl (C=O) groups excluding carboxylic acids is 1. The number of amides is 2. The molecule has 154 valence electrons. The van der Waals surface area contributed by atoms with Gasteiger partial charge in [-0.15, -0.1) is 0 Å². The highest BCUT2D eigenvalue weighted by Crippen LogP contribution is 2.13. The monoisotopic (exact) mass is 384 g/mol. The van der Waals surface area contributed by atoms with Gasteiger partial charge in [0.15, 0.2) is 0 Å². The second kappa shape index (κ2) is 10.1. The zero-order chi connectivity index (χ0) is 20.5. The number of carbonyl (C=O) groups is 1. The average Bonchev–Trinajstić information content (AvgIpc) is 2.48. The molecule has 27 heavy (non-hydrogen) atoms. The number of hydrogen-bond donors (Lipinski definition) is 5. The smallest absolute Gasteiger partial charge is 0.318 e. The number of nitrogens with zero attached hydrogens (tertiary/aromatic N) is 3. The van der Waals surface area contributed by atoms with Gasteiger partial charge in [0.25, 0.3) is 0 Å². The van der Waals surface area contributed by atoms with Crippen LogP contribution in [-0.2, 0) is 9.47 Å². The molecule has 0 aliphatic heterocycles. The zero-order valence-electron chi connectivity index (χ0n) is 17.0. The van der Waals surface area contributed by atoms with E-state index in [-0.39, 0.29) is 49.1 Å². The van der Waals surface area contributed by atoms with Crippen LogP contribution in [0.5, 0.6) is 0 Å². The van der Waals surface area contributed by atoms with E-state index in [4.69, 9.17) is 15.2 Å². The number of aromatic nitrogens is 3. The van der Waals surface area contributed by atoms with E-state index in [0.29, 0.717) is 12.6 Å². The first-order chi connectivity index (χ1) is 12.4. The van der Waals surface area contributed by atoms with Gasteiger partial charge in [0.1, 0.15) is 20.2 Å². The van der Waals surface area contributed by atoms with E-state index in [2.05, 4.69) is 57.0 Å². The zero-order valence-corrected chi connectivity index (χ0v) is 17.0. The molecule has 0 saturated heterocycles. The number of nitrogens with two attached hydrogens (primary N) is 1. The minimum Gasteiger partial charge on any atom is -0.368 e. The van der Waals surface area contributed by atoms with Crippen molar-refractivity contribution in [3.63, 3.8) is 0 Å². The highest BCUT2D eigenvalue weighted by molar-refractivity contribution is 5.73. The highest BCUT2D eigenvalue weighted by Gasteiger charge is 2.13. The Hall–Kier alpha value is -2.40. The van der Waals surface area contributed by atoms with Gasteiger partial charge in [-0.05, 0) is 26.2 Å². The van der Waals surface area contributed by atoms with Crippen LogP contribution in [0.15, 0.2) is 0 Å². The average molecular weight is 384 g/mol. The number of urea groups is 1. The standard InChI is InChI=1S/C16H32N8O3/c1-15(2,3)7-26-9-19-14(25)20-10-27-8-18-12-21-11(17)22-13(23-12)24-16(4,5)6/h7-10H2,1-6H3,(H2,19,20,25)(H4,17,18,21,22,23,24). The molecule has 0 aliphatic rings. The SMILES string of the molecule is CC(C)(C)COCNC(=O)NCOCNc1nc(N)nc(NC(C)(C)C)n1. The molecule has 1 aromatic rings. The van der Waals surface area contributed by atoms with Gasteiger partial charge in [0, 0.05) is 5.54 Å². The first kappa shape index (κ1) is 22.6. The second-order valence-corrected chi connectivity index (χ2v) is 8.12. The summed E-state index contributed by atoms with van der Waals surface area (Å²) >= 11 is 0. The normalized spacial score (nSPS) is 11.8. The Kier molecular flexibility index (Phi) is 8.44. The van der Waals surface area contributed by atoms with E-state index in [0.717, 1.165) is 0 Å². The molecule has 0 radical (unpaired) electrons. The Bertz CT molecular complexity index is 598. The molecule has 0 spiro atoms. The van der Waals surface area contributed by atoms with Crippen molar-refractivity contribution in [1.82, 2.24) is 25.6 Å². The van der Waals surface area contributed by atoms with E-state index in [9.17, 15) is 4.79 Å². The summed E-state index contributed by atoms with van der Waals surface area (Å²) in [6.07, 6.45) is 0. The molecule has 1 rings (SSSR count). The summed E-state index contributed by atoms with van der Waals surface area (Å²) in [5, 5.41) is 11.1. The molecule has 11 heteroatoms. The van der Waals surface area contributed by atoms with Gasteiger partial charge in [-0.25, -0.2) is 4.79 Å². The maximum Gasteiger partial charge on any atom is 0.318 e. The maximum absolute atomic E-state index is 11.6. The fourth-order valence-electron chi connectivity index (χ4n) is 1.68. The van der Waals surface area contributed by atoms with Gasteiger partial charge in [0.2, 0.25) is 17.8 Å². The summed E-state index contributed by atoms with van der Waals surface area (Å²) in [4.78, 5) is 23.8. The minimum absolute atomic E-state index is 0.00572. The van der Waals surface area contributed by atoms with Crippen molar-refractivity contribution in [3.05, 3.63) is 0 Å². The molecule has 0 bridgehead atoms. The van der Waals surface area contributed by atoms with Crippen LogP contribution in [0, 0.1) is 5.41 Å². The van der Waals surface area contributed by atoms with Crippen molar-refractivity contribution in [3.8, 4) is 0 Å². The summed E-state index contributed by atoms with van der Waals surface area (Å²) < 4.78 is 10.6. The molecule has 0 saturated carbocycles. The van der Waals surface area contributed by atoms with Crippen molar-refractivity contribution in [2.75, 3.05) is 43.2 Å². The quantitative estimate of drug-likeness (QED) is 0.314. The van der Waals surface area contributed by atoms with Crippen molar-refractivity contribution in [1.29, 1.82) is 0 Å². The topological polar surface area (TPSA) is 148 Å². The predicted molar refractivity (Wildman–Crippen MR) is 104 cm³/mol. The van der Waals surface area contributed by atoms with Gasteiger partial charge in [-0.2, -0.15) is 15.0 Å². The Labute approximate surface area is 160 Å². The van der Waals surface area contributed by atoms with E-state index < -0.39 is 0 Å². The Morgan fingerprint density at radius 3 is 2.11 bits per heavy atom. The molecule has 0 aromatic carbocycles. The van der Waals surface area contributed by atoms with Gasteiger partial charge in [-0.1, -0.05) is 20.8 Å². The van der Waals surface area contributed by atoms with Crippen molar-refractivity contribution >= 4 is 23.9 Å². The van der Waals surface area contributed by atoms with Crippen molar-refractivity contribution in [2.24, 2.45) is 5.41 Å². The van der Waals surface area contributed by atoms with Crippen LogP contribution in [-0.4, -0.2) is 53.3 Å². The largest absolute Gasteiger partial charge is 0.368 e. The molecule has 0 fully saturated rings. The fourth-order valence-corrected chi connectivity index (χ4v) is 1.68. The first-order valence-corrected chi connectivity index (χ1v) is 8.65. The van der Waals surface area contributed by atoms with Crippen LogP contribution in [0.2, 0.25) is 0 Å². The van der Waals surface area contributed by atoms with E-state index in [1.54, 1.807) is 0 Å². The number of hydrogen-bond acceptors (Lipinski definition) is 9. The minimum atomic E-state index is -0.384. The van der Waals surface area contributed by atoms with Crippen LogP contribution < -0.4 is 27.0 Å². The predicted octanol–water partition coefficient (Wildman–Crippen LogP) is 1.33. The molecular formula is C16H32N8O3. The fraction of sp³-hybridized carbons (Fsp3) is 0.750. The lowest BCUT2D eigenvalue weighted by molar-refractivity contribution is 0.0617. The van der Waals surface area contributed by atoms with Gasteiger partial charge in [0.05, 0.1) is 6.61 Å². The number of nitrogen functional groups attached to an aromatic ring is 1. The molecule has 6 N–H and O–H groups in total. The van der Waals surface area contributed by atoms with Crippen molar-refractivity contribution in [2.45, 2.75) is 47.1 Å². The highest BCUT2D eigenvalue weighted by atomic mass is 16.5. The lowest BCUT2D eigenvalue weighted by Gasteiger charge is -2.20. The van der Waals surface area contributed by atoms with E-state index >= 15 is 0 Å². The Morgan fingerprint density at radius 1 is 0.926 bits per heavy atom. The summed E-state index contributed by atoms with van der Waals surface area (Å²) in [6.45, 7) is 12.9. The molecule has 11 nitrogen and oxygen atoms in total. The van der Waals surface area contributed by atoms with E-state index in [1.807, 2.05) is 20.8 Å². The van der Waals surface area contributed by atoms with Crippen molar-refractivity contribution < 1.29 is 14.3 Å². The summed E-state index contributed by atoms with van der Waals surface area (Å²) in [5.74, 6) is 0.728. The molecule has 1 aromatic heterocycles. The first-order valence-electron chi connectivity index (χ1n) is 8.65. The van der Waals surface area contributed by atoms with Gasteiger partial charge < -0.3 is 36.5 Å². The molecule has 1 heterocycles. The molecule has 0 atom stereocenters. The number of anilines is 3. The lowest BCUT2D eigenvalue weighted by Crippen LogP contribution is -2.38. The van der Waals surface area contributed by atoms with Crippen LogP contribution >= 0.6 is 0 Å². The number of rotatable bonds is 9. The van der Waals surface area contributed by atoms with Crippen LogP contribution in [0.4, 0.5) is 22.6 Å². The summed E-state index contributed by atoms with van der Waals surface area (Å²) in [5.41, 5.74) is 5.51. The second-order valence-electron chi connectivity index (χ2n) is 8.12. The van der Waals surface area contributed by atoms with Crippen LogP contribution in [0.25, 0.3) is 0 Å². The maximum atomic E-state index is 11.6. The molecule has 0 aliphatic carbocycles. The number of ether oxygens (including phenoxy) is 2. The van der Waals surface area contributed by atoms with Gasteiger partial charge >= 0.3 is 6.03 Å². The summed E-state index contributed by atoms with van der Waals surface area (Å²) in [7, 11) is 0. The molecule has 0 unspecified atom stereocenters. The Balaban J connectivity index is 2.23. The number of nitrogens with one attached hydrogen (secondary N) is 4. The van der Waals surface area contributed by atoms with E-state index in [1.165, 1.54) is 0 Å². The third-order valence-electron chi connectivity index (χ3n) is 2.68.